The van der Waals surface area contributed by atoms with Gasteiger partial charge in [0.05, 0.1) is 12.8 Å². The Morgan fingerprint density at radius 3 is 2.27 bits per heavy atom. The predicted molar refractivity (Wildman–Crippen MR) is 129 cm³/mol. The summed E-state index contributed by atoms with van der Waals surface area (Å²) in [5.74, 6) is 0.993. The van der Waals surface area contributed by atoms with Crippen LogP contribution < -0.4 is 19.6 Å². The van der Waals surface area contributed by atoms with E-state index in [-0.39, 0.29) is 19.0 Å². The molecule has 33 heavy (non-hydrogen) atoms. The van der Waals surface area contributed by atoms with E-state index >= 15 is 0 Å². The molecule has 0 unspecified atom stereocenters. The fraction of sp³-hybridized carbons (Fsp3) is 0.423. The van der Waals surface area contributed by atoms with E-state index in [1.807, 2.05) is 12.1 Å². The van der Waals surface area contributed by atoms with Gasteiger partial charge in [0, 0.05) is 12.0 Å². The molecule has 178 valence electrons. The SMILES string of the molecule is CCCCCCCCOc1ccc(OCC(=O)N/N=C/c2ccccc2OC(=O)CC)cc1. The van der Waals surface area contributed by atoms with Crippen LogP contribution in [0.2, 0.25) is 0 Å². The second kappa shape index (κ2) is 15.5. The molecule has 0 aliphatic heterocycles. The number of carbonyl (C=O) groups is 2. The van der Waals surface area contributed by atoms with Crippen molar-refractivity contribution in [1.29, 1.82) is 0 Å². The van der Waals surface area contributed by atoms with Gasteiger partial charge in [-0.1, -0.05) is 58.1 Å². The number of unbranched alkanes of at least 4 members (excludes halogenated alkanes) is 5. The summed E-state index contributed by atoms with van der Waals surface area (Å²) < 4.78 is 16.5. The number of rotatable bonds is 15. The Kier molecular flexibility index (Phi) is 12.1. The van der Waals surface area contributed by atoms with Crippen LogP contribution in [-0.4, -0.2) is 31.3 Å². The highest BCUT2D eigenvalue weighted by molar-refractivity contribution is 5.87. The lowest BCUT2D eigenvalue weighted by atomic mass is 10.1. The normalized spacial score (nSPS) is 10.7. The number of nitrogens with one attached hydrogen (secondary N) is 1. The summed E-state index contributed by atoms with van der Waals surface area (Å²) in [7, 11) is 0. The Morgan fingerprint density at radius 2 is 1.55 bits per heavy atom. The van der Waals surface area contributed by atoms with Crippen LogP contribution in [0.1, 0.15) is 64.4 Å². The lowest BCUT2D eigenvalue weighted by molar-refractivity contribution is -0.134. The third-order valence-corrected chi connectivity index (χ3v) is 4.78. The van der Waals surface area contributed by atoms with E-state index in [9.17, 15) is 9.59 Å². The number of ether oxygens (including phenoxy) is 3. The number of nitrogens with zero attached hydrogens (tertiary/aromatic N) is 1. The molecule has 2 aromatic rings. The topological polar surface area (TPSA) is 86.2 Å². The first kappa shape index (κ1) is 25.9. The Labute approximate surface area is 196 Å². The quantitative estimate of drug-likeness (QED) is 0.130. The molecule has 1 N–H and O–H groups in total. The third kappa shape index (κ3) is 10.7. The van der Waals surface area contributed by atoms with Crippen molar-refractivity contribution in [1.82, 2.24) is 5.43 Å². The van der Waals surface area contributed by atoms with Gasteiger partial charge in [0.25, 0.3) is 5.91 Å². The van der Waals surface area contributed by atoms with Crippen molar-refractivity contribution in [2.75, 3.05) is 13.2 Å². The van der Waals surface area contributed by atoms with Crippen molar-refractivity contribution in [3.63, 3.8) is 0 Å². The van der Waals surface area contributed by atoms with Crippen LogP contribution in [0.15, 0.2) is 53.6 Å². The summed E-state index contributed by atoms with van der Waals surface area (Å²) in [4.78, 5) is 23.5. The smallest absolute Gasteiger partial charge is 0.310 e. The Morgan fingerprint density at radius 1 is 0.879 bits per heavy atom. The summed E-state index contributed by atoms with van der Waals surface area (Å²) in [6.07, 6.45) is 9.04. The van der Waals surface area contributed by atoms with Gasteiger partial charge in [-0.05, 0) is 42.8 Å². The van der Waals surface area contributed by atoms with Gasteiger partial charge in [-0.3, -0.25) is 9.59 Å². The van der Waals surface area contributed by atoms with Crippen molar-refractivity contribution in [2.45, 2.75) is 58.8 Å². The third-order valence-electron chi connectivity index (χ3n) is 4.78. The number of para-hydroxylation sites is 1. The van der Waals surface area contributed by atoms with E-state index in [1.165, 1.54) is 38.3 Å². The molecule has 7 nitrogen and oxygen atoms in total. The molecule has 0 aliphatic carbocycles. The second-order valence-electron chi connectivity index (χ2n) is 7.53. The molecule has 1 amide bonds. The molecule has 2 rings (SSSR count). The van der Waals surface area contributed by atoms with Crippen LogP contribution in [0.4, 0.5) is 0 Å². The van der Waals surface area contributed by atoms with E-state index in [1.54, 1.807) is 43.3 Å². The summed E-state index contributed by atoms with van der Waals surface area (Å²) in [6.45, 7) is 4.46. The zero-order valence-electron chi connectivity index (χ0n) is 19.5. The zero-order valence-corrected chi connectivity index (χ0v) is 19.5. The second-order valence-corrected chi connectivity index (χ2v) is 7.53. The Bertz CT molecular complexity index is 881. The van der Waals surface area contributed by atoms with Gasteiger partial charge < -0.3 is 14.2 Å². The number of benzene rings is 2. The van der Waals surface area contributed by atoms with E-state index < -0.39 is 5.91 Å². The molecule has 0 saturated heterocycles. The standard InChI is InChI=1S/C26H34N2O5/c1-3-5-6-7-8-11-18-31-22-14-16-23(17-15-22)32-20-25(29)28-27-19-21-12-9-10-13-24(21)33-26(30)4-2/h9-10,12-17,19H,3-8,11,18,20H2,1-2H3,(H,28,29)/b27-19+. The fourth-order valence-corrected chi connectivity index (χ4v) is 2.93. The average molecular weight is 455 g/mol. The van der Waals surface area contributed by atoms with Crippen LogP contribution in [0.25, 0.3) is 0 Å². The number of esters is 1. The van der Waals surface area contributed by atoms with E-state index in [0.717, 1.165) is 12.2 Å². The maximum atomic E-state index is 12.0. The molecule has 0 atom stereocenters. The van der Waals surface area contributed by atoms with Crippen LogP contribution in [-0.2, 0) is 9.59 Å². The molecule has 0 bridgehead atoms. The maximum absolute atomic E-state index is 12.0. The van der Waals surface area contributed by atoms with Gasteiger partial charge >= 0.3 is 5.97 Å². The lowest BCUT2D eigenvalue weighted by Gasteiger charge is -2.08. The highest BCUT2D eigenvalue weighted by Crippen LogP contribution is 2.18. The first-order valence-corrected chi connectivity index (χ1v) is 11.6. The monoisotopic (exact) mass is 454 g/mol. The maximum Gasteiger partial charge on any atom is 0.310 e. The fourth-order valence-electron chi connectivity index (χ4n) is 2.93. The molecular weight excluding hydrogens is 420 g/mol. The first-order chi connectivity index (χ1) is 16.1. The molecule has 2 aromatic carbocycles. The van der Waals surface area contributed by atoms with Crippen molar-refractivity contribution >= 4 is 18.1 Å². The van der Waals surface area contributed by atoms with Gasteiger partial charge in [0.2, 0.25) is 0 Å². The van der Waals surface area contributed by atoms with Crippen molar-refractivity contribution < 1.29 is 23.8 Å². The molecule has 0 spiro atoms. The van der Waals surface area contributed by atoms with Crippen molar-refractivity contribution in [3.8, 4) is 17.2 Å². The predicted octanol–water partition coefficient (Wildman–Crippen LogP) is 5.27. The minimum absolute atomic E-state index is 0.179. The summed E-state index contributed by atoms with van der Waals surface area (Å²) in [6, 6.07) is 14.1. The summed E-state index contributed by atoms with van der Waals surface area (Å²) >= 11 is 0. The molecule has 0 heterocycles. The van der Waals surface area contributed by atoms with Gasteiger partial charge in [0.1, 0.15) is 17.2 Å². The number of hydrogen-bond acceptors (Lipinski definition) is 6. The highest BCUT2D eigenvalue weighted by atomic mass is 16.5. The van der Waals surface area contributed by atoms with Crippen LogP contribution in [0.5, 0.6) is 17.2 Å². The van der Waals surface area contributed by atoms with Crippen molar-refractivity contribution in [2.24, 2.45) is 5.10 Å². The zero-order chi connectivity index (χ0) is 23.7. The van der Waals surface area contributed by atoms with Gasteiger partial charge in [-0.2, -0.15) is 5.10 Å². The van der Waals surface area contributed by atoms with Gasteiger partial charge in [-0.15, -0.1) is 0 Å². The highest BCUT2D eigenvalue weighted by Gasteiger charge is 2.06. The number of hydrogen-bond donors (Lipinski definition) is 1. The minimum atomic E-state index is -0.405. The average Bonchev–Trinajstić information content (AvgIpc) is 2.84. The Hall–Kier alpha value is -3.35. The number of carbonyl (C=O) groups excluding carboxylic acids is 2. The molecule has 7 heteroatoms. The largest absolute Gasteiger partial charge is 0.494 e. The van der Waals surface area contributed by atoms with Crippen molar-refractivity contribution in [3.05, 3.63) is 54.1 Å². The molecular formula is C26H34N2O5. The molecule has 0 radical (unpaired) electrons. The number of amides is 1. The first-order valence-electron chi connectivity index (χ1n) is 11.6. The van der Waals surface area contributed by atoms with Crippen LogP contribution in [0, 0.1) is 0 Å². The van der Waals surface area contributed by atoms with Gasteiger partial charge in [-0.25, -0.2) is 5.43 Å². The van der Waals surface area contributed by atoms with E-state index in [0.29, 0.717) is 23.7 Å². The van der Waals surface area contributed by atoms with Crippen LogP contribution in [0.3, 0.4) is 0 Å². The Balaban J connectivity index is 1.69. The minimum Gasteiger partial charge on any atom is -0.494 e. The van der Waals surface area contributed by atoms with Gasteiger partial charge in [0.15, 0.2) is 6.61 Å². The molecule has 0 fully saturated rings. The van der Waals surface area contributed by atoms with Crippen LogP contribution >= 0.6 is 0 Å². The summed E-state index contributed by atoms with van der Waals surface area (Å²) in [5, 5.41) is 3.91. The summed E-state index contributed by atoms with van der Waals surface area (Å²) in [5.41, 5.74) is 2.98. The lowest BCUT2D eigenvalue weighted by Crippen LogP contribution is -2.24. The molecule has 0 saturated carbocycles. The van der Waals surface area contributed by atoms with E-state index in [2.05, 4.69) is 17.5 Å². The van der Waals surface area contributed by atoms with E-state index in [4.69, 9.17) is 14.2 Å². The number of hydrazone groups is 1. The molecule has 0 aliphatic rings. The molecule has 0 aromatic heterocycles.